The molecule has 0 radical (unpaired) electrons. The first-order valence-electron chi connectivity index (χ1n) is 5.29. The highest BCUT2D eigenvalue weighted by Gasteiger charge is 2.07. The van der Waals surface area contributed by atoms with Crippen molar-refractivity contribution in [3.05, 3.63) is 52.9 Å². The van der Waals surface area contributed by atoms with Gasteiger partial charge in [-0.2, -0.15) is 0 Å². The average molecular weight is 226 g/mol. The van der Waals surface area contributed by atoms with Crippen molar-refractivity contribution in [2.75, 3.05) is 7.11 Å². The molecule has 3 rings (SSSR count). The Morgan fingerprint density at radius 3 is 2.53 bits per heavy atom. The van der Waals surface area contributed by atoms with Crippen LogP contribution in [0.2, 0.25) is 0 Å². The molecule has 0 aliphatic heterocycles. The maximum Gasteiger partial charge on any atom is 0.344 e. The molecule has 17 heavy (non-hydrogen) atoms. The van der Waals surface area contributed by atoms with Gasteiger partial charge in [0.05, 0.1) is 12.5 Å². The van der Waals surface area contributed by atoms with Crippen LogP contribution in [0.3, 0.4) is 0 Å². The molecule has 0 bridgehead atoms. The maximum absolute atomic E-state index is 11.7. The van der Waals surface area contributed by atoms with E-state index in [1.165, 1.54) is 0 Å². The molecule has 0 fully saturated rings. The Morgan fingerprint density at radius 2 is 1.76 bits per heavy atom. The Morgan fingerprint density at radius 1 is 1.00 bits per heavy atom. The van der Waals surface area contributed by atoms with E-state index in [9.17, 15) is 4.79 Å². The molecule has 84 valence electrons. The predicted molar refractivity (Wildman–Crippen MR) is 66.5 cm³/mol. The smallest absolute Gasteiger partial charge is 0.344 e. The summed E-state index contributed by atoms with van der Waals surface area (Å²) in [6.07, 6.45) is 0. The van der Waals surface area contributed by atoms with Gasteiger partial charge in [0.25, 0.3) is 0 Å². The molecule has 0 saturated carbocycles. The van der Waals surface area contributed by atoms with Crippen molar-refractivity contribution in [2.45, 2.75) is 0 Å². The van der Waals surface area contributed by atoms with Crippen molar-refractivity contribution in [1.29, 1.82) is 0 Å². The van der Waals surface area contributed by atoms with Gasteiger partial charge in [-0.1, -0.05) is 18.2 Å². The highest BCUT2D eigenvalue weighted by atomic mass is 16.5. The summed E-state index contributed by atoms with van der Waals surface area (Å²) in [6, 6.07) is 12.8. The van der Waals surface area contributed by atoms with Gasteiger partial charge in [0, 0.05) is 10.8 Å². The van der Waals surface area contributed by atoms with E-state index in [0.29, 0.717) is 11.0 Å². The lowest BCUT2D eigenvalue weighted by molar-refractivity contribution is 0.415. The van der Waals surface area contributed by atoms with E-state index in [2.05, 4.69) is 0 Å². The summed E-state index contributed by atoms with van der Waals surface area (Å²) in [4.78, 5) is 11.7. The number of fused-ring (bicyclic) bond motifs is 3. The molecule has 0 unspecified atom stereocenters. The van der Waals surface area contributed by atoms with Crippen LogP contribution < -0.4 is 10.4 Å². The van der Waals surface area contributed by atoms with Crippen molar-refractivity contribution in [3.8, 4) is 5.75 Å². The maximum atomic E-state index is 11.7. The zero-order chi connectivity index (χ0) is 11.8. The SMILES string of the molecule is COc1ccc2oc(=O)c3ccccc3c2c1. The van der Waals surface area contributed by atoms with Crippen LogP contribution in [-0.4, -0.2) is 7.11 Å². The Balaban J connectivity index is 2.56. The zero-order valence-corrected chi connectivity index (χ0v) is 9.27. The minimum Gasteiger partial charge on any atom is -0.497 e. The second-order valence-corrected chi connectivity index (χ2v) is 3.80. The lowest BCUT2D eigenvalue weighted by Gasteiger charge is -2.04. The van der Waals surface area contributed by atoms with Crippen molar-refractivity contribution >= 4 is 21.7 Å². The molecule has 0 aliphatic carbocycles. The number of rotatable bonds is 1. The summed E-state index contributed by atoms with van der Waals surface area (Å²) in [5.74, 6) is 0.747. The number of ether oxygens (including phenoxy) is 1. The Bertz CT molecular complexity index is 756. The van der Waals surface area contributed by atoms with Crippen LogP contribution in [0.15, 0.2) is 51.7 Å². The van der Waals surface area contributed by atoms with Crippen LogP contribution in [-0.2, 0) is 0 Å². The van der Waals surface area contributed by atoms with Crippen LogP contribution in [0.25, 0.3) is 21.7 Å². The molecule has 1 heterocycles. The molecule has 3 nitrogen and oxygen atoms in total. The minimum atomic E-state index is -0.307. The van der Waals surface area contributed by atoms with E-state index in [4.69, 9.17) is 9.15 Å². The molecule has 0 amide bonds. The number of hydrogen-bond acceptors (Lipinski definition) is 3. The van der Waals surface area contributed by atoms with Gasteiger partial charge in [-0.3, -0.25) is 0 Å². The first kappa shape index (κ1) is 9.90. The fourth-order valence-corrected chi connectivity index (χ4v) is 1.99. The molecule has 3 heteroatoms. The normalized spacial score (nSPS) is 10.9. The monoisotopic (exact) mass is 226 g/mol. The van der Waals surface area contributed by atoms with Crippen molar-refractivity contribution in [2.24, 2.45) is 0 Å². The van der Waals surface area contributed by atoms with Gasteiger partial charge in [0.15, 0.2) is 0 Å². The van der Waals surface area contributed by atoms with Gasteiger partial charge in [-0.15, -0.1) is 0 Å². The van der Waals surface area contributed by atoms with Crippen LogP contribution in [0.1, 0.15) is 0 Å². The summed E-state index contributed by atoms with van der Waals surface area (Å²) >= 11 is 0. The standard InChI is InChI=1S/C14H10O3/c1-16-9-6-7-13-12(8-9)10-4-2-3-5-11(10)14(15)17-13/h2-8H,1H3. The van der Waals surface area contributed by atoms with Gasteiger partial charge < -0.3 is 9.15 Å². The summed E-state index contributed by atoms with van der Waals surface area (Å²) < 4.78 is 10.4. The van der Waals surface area contributed by atoms with Crippen LogP contribution >= 0.6 is 0 Å². The summed E-state index contributed by atoms with van der Waals surface area (Å²) in [7, 11) is 1.61. The van der Waals surface area contributed by atoms with Crippen molar-refractivity contribution < 1.29 is 9.15 Å². The number of methoxy groups -OCH3 is 1. The molecular formula is C14H10O3. The molecule has 3 aromatic rings. The third kappa shape index (κ3) is 1.47. The largest absolute Gasteiger partial charge is 0.497 e. The molecule has 0 atom stereocenters. The first-order valence-corrected chi connectivity index (χ1v) is 5.29. The van der Waals surface area contributed by atoms with E-state index in [0.717, 1.165) is 16.5 Å². The van der Waals surface area contributed by atoms with Gasteiger partial charge in [0.2, 0.25) is 0 Å². The highest BCUT2D eigenvalue weighted by Crippen LogP contribution is 2.26. The lowest BCUT2D eigenvalue weighted by Crippen LogP contribution is -1.99. The van der Waals surface area contributed by atoms with E-state index in [1.807, 2.05) is 24.3 Å². The topological polar surface area (TPSA) is 39.4 Å². The molecule has 0 N–H and O–H groups in total. The number of benzene rings is 2. The summed E-state index contributed by atoms with van der Waals surface area (Å²) in [6.45, 7) is 0. The van der Waals surface area contributed by atoms with Gasteiger partial charge in [0.1, 0.15) is 11.3 Å². The van der Waals surface area contributed by atoms with E-state index < -0.39 is 0 Å². The van der Waals surface area contributed by atoms with Crippen LogP contribution in [0.5, 0.6) is 5.75 Å². The van der Waals surface area contributed by atoms with Gasteiger partial charge in [-0.25, -0.2) is 4.79 Å². The van der Waals surface area contributed by atoms with Crippen LogP contribution in [0, 0.1) is 0 Å². The van der Waals surface area contributed by atoms with E-state index in [1.54, 1.807) is 25.3 Å². The minimum absolute atomic E-state index is 0.307. The van der Waals surface area contributed by atoms with E-state index in [-0.39, 0.29) is 5.63 Å². The Kier molecular flexibility index (Phi) is 2.11. The third-order valence-corrected chi connectivity index (χ3v) is 2.83. The molecule has 0 spiro atoms. The quantitative estimate of drug-likeness (QED) is 0.473. The molecule has 1 aromatic heterocycles. The van der Waals surface area contributed by atoms with Gasteiger partial charge in [-0.05, 0) is 24.3 Å². The summed E-state index contributed by atoms with van der Waals surface area (Å²) in [5.41, 5.74) is 0.271. The van der Waals surface area contributed by atoms with Crippen LogP contribution in [0.4, 0.5) is 0 Å². The second-order valence-electron chi connectivity index (χ2n) is 3.80. The first-order chi connectivity index (χ1) is 8.29. The van der Waals surface area contributed by atoms with Gasteiger partial charge >= 0.3 is 5.63 Å². The Hall–Kier alpha value is -2.29. The molecule has 0 aliphatic rings. The average Bonchev–Trinajstić information content (AvgIpc) is 2.39. The molecule has 2 aromatic carbocycles. The molecular weight excluding hydrogens is 216 g/mol. The van der Waals surface area contributed by atoms with Crippen molar-refractivity contribution in [1.82, 2.24) is 0 Å². The van der Waals surface area contributed by atoms with E-state index >= 15 is 0 Å². The van der Waals surface area contributed by atoms with Crippen molar-refractivity contribution in [3.63, 3.8) is 0 Å². The Labute approximate surface area is 97.2 Å². The highest BCUT2D eigenvalue weighted by molar-refractivity contribution is 6.04. The number of hydrogen-bond donors (Lipinski definition) is 0. The third-order valence-electron chi connectivity index (χ3n) is 2.83. The molecule has 0 saturated heterocycles. The lowest BCUT2D eigenvalue weighted by atomic mass is 10.1. The fraction of sp³-hybridized carbons (Fsp3) is 0.0714. The summed E-state index contributed by atoms with van der Waals surface area (Å²) in [5, 5.41) is 2.37. The predicted octanol–water partition coefficient (Wildman–Crippen LogP) is 2.95. The second kappa shape index (κ2) is 3.63. The zero-order valence-electron chi connectivity index (χ0n) is 9.27. The fourth-order valence-electron chi connectivity index (χ4n) is 1.99.